The Bertz CT molecular complexity index is 549. The monoisotopic (exact) mass is 316 g/mol. The third kappa shape index (κ3) is 3.61. The van der Waals surface area contributed by atoms with Crippen molar-refractivity contribution in [3.63, 3.8) is 0 Å². The number of rotatable bonds is 5. The van der Waals surface area contributed by atoms with Crippen molar-refractivity contribution in [1.29, 1.82) is 0 Å². The number of hydrogen-bond donors (Lipinski definition) is 2. The Balaban J connectivity index is 2.13. The van der Waals surface area contributed by atoms with Gasteiger partial charge in [-0.1, -0.05) is 26.7 Å². The van der Waals surface area contributed by atoms with Crippen LogP contribution < -0.4 is 10.0 Å². The van der Waals surface area contributed by atoms with Crippen molar-refractivity contribution in [1.82, 2.24) is 10.0 Å². The molecule has 1 fully saturated rings. The van der Waals surface area contributed by atoms with Crippen molar-refractivity contribution in [3.8, 4) is 0 Å². The Morgan fingerprint density at radius 1 is 1.40 bits per heavy atom. The molecule has 0 saturated heterocycles. The van der Waals surface area contributed by atoms with Gasteiger partial charge < -0.3 is 5.32 Å². The molecule has 1 heterocycles. The molecule has 2 N–H and O–H groups in total. The van der Waals surface area contributed by atoms with E-state index >= 15 is 0 Å². The number of sulfonamides is 1. The predicted molar refractivity (Wildman–Crippen MR) is 83.4 cm³/mol. The Morgan fingerprint density at radius 2 is 2.15 bits per heavy atom. The summed E-state index contributed by atoms with van der Waals surface area (Å²) in [5.41, 5.74) is 0.0369. The van der Waals surface area contributed by atoms with Crippen LogP contribution in [0, 0.1) is 5.41 Å². The molecule has 0 radical (unpaired) electrons. The summed E-state index contributed by atoms with van der Waals surface area (Å²) < 4.78 is 27.9. The van der Waals surface area contributed by atoms with Crippen molar-refractivity contribution in [2.45, 2.75) is 57.0 Å². The molecule has 2 rings (SSSR count). The van der Waals surface area contributed by atoms with Crippen LogP contribution in [0.2, 0.25) is 0 Å². The minimum Gasteiger partial charge on any atom is -0.315 e. The van der Waals surface area contributed by atoms with Gasteiger partial charge in [-0.05, 0) is 31.4 Å². The van der Waals surface area contributed by atoms with Crippen LogP contribution in [0.3, 0.4) is 0 Å². The Labute approximate surface area is 126 Å². The van der Waals surface area contributed by atoms with Gasteiger partial charge in [0.2, 0.25) is 10.0 Å². The van der Waals surface area contributed by atoms with Gasteiger partial charge >= 0.3 is 0 Å². The second kappa shape index (κ2) is 6.13. The summed E-state index contributed by atoms with van der Waals surface area (Å²) in [7, 11) is -1.54. The zero-order valence-corrected chi connectivity index (χ0v) is 14.0. The number of thiophene rings is 1. The molecule has 1 saturated carbocycles. The molecular weight excluding hydrogens is 292 g/mol. The molecule has 1 atom stereocenters. The van der Waals surface area contributed by atoms with E-state index in [9.17, 15) is 8.42 Å². The minimum atomic E-state index is -3.40. The van der Waals surface area contributed by atoms with E-state index in [1.807, 2.05) is 7.05 Å². The van der Waals surface area contributed by atoms with Crippen LogP contribution >= 0.6 is 11.3 Å². The van der Waals surface area contributed by atoms with Crippen molar-refractivity contribution in [2.75, 3.05) is 7.05 Å². The molecule has 4 nitrogen and oxygen atoms in total. The number of nitrogens with one attached hydrogen (secondary N) is 2. The van der Waals surface area contributed by atoms with Crippen LogP contribution in [0.4, 0.5) is 0 Å². The Morgan fingerprint density at radius 3 is 2.80 bits per heavy atom. The zero-order valence-electron chi connectivity index (χ0n) is 12.4. The first-order valence-corrected chi connectivity index (χ1v) is 9.46. The summed E-state index contributed by atoms with van der Waals surface area (Å²) in [6.45, 7) is 5.01. The highest BCUT2D eigenvalue weighted by atomic mass is 32.2. The third-order valence-electron chi connectivity index (χ3n) is 4.10. The average Bonchev–Trinajstić information content (AvgIpc) is 2.82. The lowest BCUT2D eigenvalue weighted by Gasteiger charge is -2.38. The van der Waals surface area contributed by atoms with Gasteiger partial charge in [-0.15, -0.1) is 11.3 Å². The first-order chi connectivity index (χ1) is 9.35. The topological polar surface area (TPSA) is 58.2 Å². The molecule has 1 unspecified atom stereocenters. The van der Waals surface area contributed by atoms with E-state index in [1.165, 1.54) is 17.8 Å². The fraction of sp³-hybridized carbons (Fsp3) is 0.714. The van der Waals surface area contributed by atoms with E-state index in [-0.39, 0.29) is 11.5 Å². The summed E-state index contributed by atoms with van der Waals surface area (Å²) in [6.07, 6.45) is 4.30. The van der Waals surface area contributed by atoms with Crippen molar-refractivity contribution in [2.24, 2.45) is 5.41 Å². The van der Waals surface area contributed by atoms with Crippen LogP contribution in [0.5, 0.6) is 0 Å². The SMILES string of the molecule is CNCc1cc(S(=O)(=O)NC2CCCCC2(C)C)cs1. The minimum absolute atomic E-state index is 0.0360. The highest BCUT2D eigenvalue weighted by Gasteiger charge is 2.35. The smallest absolute Gasteiger partial charge is 0.241 e. The van der Waals surface area contributed by atoms with Gasteiger partial charge in [-0.2, -0.15) is 0 Å². The lowest BCUT2D eigenvalue weighted by Crippen LogP contribution is -2.46. The molecule has 0 aromatic carbocycles. The predicted octanol–water partition coefficient (Wildman–Crippen LogP) is 2.71. The molecule has 0 bridgehead atoms. The number of hydrogen-bond acceptors (Lipinski definition) is 4. The van der Waals surface area contributed by atoms with E-state index in [4.69, 9.17) is 0 Å². The van der Waals surface area contributed by atoms with Gasteiger partial charge in [0.1, 0.15) is 0 Å². The van der Waals surface area contributed by atoms with Crippen LogP contribution in [0.15, 0.2) is 16.3 Å². The second-order valence-corrected chi connectivity index (χ2v) is 8.90. The fourth-order valence-corrected chi connectivity index (χ4v) is 5.46. The normalized spacial score (nSPS) is 22.9. The molecule has 1 aliphatic carbocycles. The summed E-state index contributed by atoms with van der Waals surface area (Å²) in [5.74, 6) is 0. The summed E-state index contributed by atoms with van der Waals surface area (Å²) in [5, 5.41) is 4.77. The van der Waals surface area contributed by atoms with Crippen LogP contribution in [0.25, 0.3) is 0 Å². The average molecular weight is 316 g/mol. The largest absolute Gasteiger partial charge is 0.315 e. The standard InChI is InChI=1S/C14H24N2O2S2/c1-14(2)7-5-4-6-13(14)16-20(17,18)12-8-11(9-15-3)19-10-12/h8,10,13,15-16H,4-7,9H2,1-3H3. The molecule has 0 aliphatic heterocycles. The maximum Gasteiger partial charge on any atom is 0.241 e. The molecule has 0 spiro atoms. The van der Waals surface area contributed by atoms with Gasteiger partial charge in [0.25, 0.3) is 0 Å². The van der Waals surface area contributed by atoms with Gasteiger partial charge in [0, 0.05) is 22.8 Å². The van der Waals surface area contributed by atoms with Crippen molar-refractivity contribution >= 4 is 21.4 Å². The third-order valence-corrected chi connectivity index (χ3v) is 6.63. The van der Waals surface area contributed by atoms with Crippen LogP contribution in [0.1, 0.15) is 44.4 Å². The molecule has 1 aromatic heterocycles. The quantitative estimate of drug-likeness (QED) is 0.878. The van der Waals surface area contributed by atoms with Crippen LogP contribution in [-0.2, 0) is 16.6 Å². The molecule has 114 valence electrons. The molecule has 6 heteroatoms. The summed E-state index contributed by atoms with van der Waals surface area (Å²) in [4.78, 5) is 1.44. The van der Waals surface area contributed by atoms with Crippen molar-refractivity contribution in [3.05, 3.63) is 16.3 Å². The maximum atomic E-state index is 12.5. The first-order valence-electron chi connectivity index (χ1n) is 7.09. The molecule has 0 amide bonds. The Kier molecular flexibility index (Phi) is 4.89. The van der Waals surface area contributed by atoms with E-state index in [0.29, 0.717) is 11.4 Å². The van der Waals surface area contributed by atoms with E-state index in [1.54, 1.807) is 11.4 Å². The Hall–Kier alpha value is -0.430. The van der Waals surface area contributed by atoms with E-state index in [2.05, 4.69) is 23.9 Å². The van der Waals surface area contributed by atoms with Gasteiger partial charge in [-0.3, -0.25) is 0 Å². The molecular formula is C14H24N2O2S2. The summed E-state index contributed by atoms with van der Waals surface area (Å²) in [6, 6.07) is 1.80. The first kappa shape index (κ1) is 15.9. The van der Waals surface area contributed by atoms with E-state index in [0.717, 1.165) is 24.1 Å². The molecule has 1 aromatic rings. The van der Waals surface area contributed by atoms with Crippen molar-refractivity contribution < 1.29 is 8.42 Å². The van der Waals surface area contributed by atoms with Gasteiger partial charge in [0.05, 0.1) is 4.90 Å². The summed E-state index contributed by atoms with van der Waals surface area (Å²) >= 11 is 1.48. The lowest BCUT2D eigenvalue weighted by molar-refractivity contribution is 0.188. The molecule has 20 heavy (non-hydrogen) atoms. The maximum absolute atomic E-state index is 12.5. The van der Waals surface area contributed by atoms with Crippen LogP contribution in [-0.4, -0.2) is 21.5 Å². The highest BCUT2D eigenvalue weighted by molar-refractivity contribution is 7.89. The zero-order chi connectivity index (χ0) is 14.8. The van der Waals surface area contributed by atoms with Gasteiger partial charge in [-0.25, -0.2) is 13.1 Å². The second-order valence-electron chi connectivity index (χ2n) is 6.19. The molecule has 1 aliphatic rings. The highest BCUT2D eigenvalue weighted by Crippen LogP contribution is 2.36. The van der Waals surface area contributed by atoms with Gasteiger partial charge in [0.15, 0.2) is 0 Å². The lowest BCUT2D eigenvalue weighted by atomic mass is 9.74. The van der Waals surface area contributed by atoms with E-state index < -0.39 is 10.0 Å². The fourth-order valence-electron chi connectivity index (χ4n) is 2.74.